The maximum atomic E-state index is 12.3. The van der Waals surface area contributed by atoms with Gasteiger partial charge in [-0.3, -0.25) is 9.52 Å². The number of rotatable bonds is 8. The van der Waals surface area contributed by atoms with Crippen LogP contribution in [-0.4, -0.2) is 37.3 Å². The van der Waals surface area contributed by atoms with Crippen molar-refractivity contribution < 1.29 is 22.5 Å². The number of nitrogens with one attached hydrogen (secondary N) is 2. The zero-order valence-corrected chi connectivity index (χ0v) is 16.7. The number of hydrogen-bond acceptors (Lipinski definition) is 7. The van der Waals surface area contributed by atoms with Crippen molar-refractivity contribution in [2.24, 2.45) is 0 Å². The van der Waals surface area contributed by atoms with E-state index in [-0.39, 0.29) is 24.1 Å². The van der Waals surface area contributed by atoms with Gasteiger partial charge in [-0.1, -0.05) is 5.16 Å². The van der Waals surface area contributed by atoms with Crippen molar-refractivity contribution in [3.8, 4) is 17.1 Å². The molecule has 2 N–H and O–H groups in total. The van der Waals surface area contributed by atoms with Crippen LogP contribution in [0.25, 0.3) is 11.4 Å². The molecular weight excluding hydrogens is 396 g/mol. The number of anilines is 1. The molecule has 1 amide bonds. The Hall–Kier alpha value is -3.40. The molecule has 0 aliphatic heterocycles. The number of ether oxygens (including phenoxy) is 1. The lowest BCUT2D eigenvalue weighted by Gasteiger charge is -2.07. The first kappa shape index (κ1) is 20.3. The van der Waals surface area contributed by atoms with E-state index in [1.807, 2.05) is 0 Å². The van der Waals surface area contributed by atoms with Crippen molar-refractivity contribution in [3.05, 3.63) is 60.0 Å². The van der Waals surface area contributed by atoms with Crippen LogP contribution in [0.15, 0.2) is 53.1 Å². The first-order valence-electron chi connectivity index (χ1n) is 8.76. The maximum absolute atomic E-state index is 12.3. The molecule has 0 radical (unpaired) electrons. The normalized spacial score (nSPS) is 11.1. The summed E-state index contributed by atoms with van der Waals surface area (Å²) in [5.41, 5.74) is 1.53. The van der Waals surface area contributed by atoms with E-state index < -0.39 is 10.0 Å². The topological polar surface area (TPSA) is 123 Å². The number of sulfonamides is 1. The van der Waals surface area contributed by atoms with Crippen LogP contribution in [0, 0.1) is 0 Å². The first-order valence-corrected chi connectivity index (χ1v) is 10.4. The third-order valence-electron chi connectivity index (χ3n) is 4.02. The predicted octanol–water partition coefficient (Wildman–Crippen LogP) is 2.44. The summed E-state index contributed by atoms with van der Waals surface area (Å²) >= 11 is 0. The van der Waals surface area contributed by atoms with E-state index >= 15 is 0 Å². The minimum absolute atomic E-state index is 0.0298. The van der Waals surface area contributed by atoms with Crippen molar-refractivity contribution in [2.75, 3.05) is 17.6 Å². The Balaban J connectivity index is 1.58. The third kappa shape index (κ3) is 5.32. The molecule has 152 valence electrons. The fraction of sp³-hybridized carbons (Fsp3) is 0.211. The van der Waals surface area contributed by atoms with Gasteiger partial charge in [0.05, 0.1) is 19.4 Å². The van der Waals surface area contributed by atoms with E-state index in [0.29, 0.717) is 17.1 Å². The van der Waals surface area contributed by atoms with Crippen LogP contribution in [0.3, 0.4) is 0 Å². The largest absolute Gasteiger partial charge is 0.497 e. The Morgan fingerprint density at radius 1 is 1.10 bits per heavy atom. The molecule has 10 heteroatoms. The molecule has 0 saturated heterocycles. The predicted molar refractivity (Wildman–Crippen MR) is 107 cm³/mol. The monoisotopic (exact) mass is 416 g/mol. The van der Waals surface area contributed by atoms with Crippen molar-refractivity contribution in [1.29, 1.82) is 0 Å². The second-order valence-electron chi connectivity index (χ2n) is 6.01. The second-order valence-corrected chi connectivity index (χ2v) is 8.02. The van der Waals surface area contributed by atoms with E-state index in [1.165, 1.54) is 24.3 Å². The molecule has 0 spiro atoms. The summed E-state index contributed by atoms with van der Waals surface area (Å²) in [4.78, 5) is 16.5. The smallest absolute Gasteiger partial charge is 0.251 e. The number of carbonyl (C=O) groups excluding carboxylic acids is 1. The van der Waals surface area contributed by atoms with Crippen molar-refractivity contribution in [3.63, 3.8) is 0 Å². The highest BCUT2D eigenvalue weighted by atomic mass is 32.2. The van der Waals surface area contributed by atoms with Crippen LogP contribution in [0.5, 0.6) is 5.75 Å². The van der Waals surface area contributed by atoms with Gasteiger partial charge in [0, 0.05) is 16.8 Å². The minimum Gasteiger partial charge on any atom is -0.497 e. The molecule has 2 aromatic carbocycles. The number of carbonyl (C=O) groups is 1. The van der Waals surface area contributed by atoms with Gasteiger partial charge in [0.1, 0.15) is 5.75 Å². The molecule has 9 nitrogen and oxygen atoms in total. The zero-order chi connectivity index (χ0) is 20.9. The standard InChI is InChI=1S/C19H20N4O5S/c1-3-29(25,26)23-15-8-4-14(5-9-15)19(24)20-12-17-21-18(22-28-17)13-6-10-16(27-2)11-7-13/h4-11,23H,3,12H2,1-2H3,(H,20,24). The molecule has 0 saturated carbocycles. The molecule has 0 aliphatic rings. The van der Waals surface area contributed by atoms with Crippen LogP contribution in [-0.2, 0) is 16.6 Å². The van der Waals surface area contributed by atoms with Gasteiger partial charge in [0.2, 0.25) is 21.7 Å². The quantitative estimate of drug-likeness (QED) is 0.578. The summed E-state index contributed by atoms with van der Waals surface area (Å²) in [6.07, 6.45) is 0. The van der Waals surface area contributed by atoms with Gasteiger partial charge < -0.3 is 14.6 Å². The average molecular weight is 416 g/mol. The molecule has 0 unspecified atom stereocenters. The van der Waals surface area contributed by atoms with Gasteiger partial charge in [0.15, 0.2) is 0 Å². The third-order valence-corrected chi connectivity index (χ3v) is 5.32. The Morgan fingerprint density at radius 2 is 1.79 bits per heavy atom. The average Bonchev–Trinajstić information content (AvgIpc) is 3.21. The lowest BCUT2D eigenvalue weighted by atomic mass is 10.2. The summed E-state index contributed by atoms with van der Waals surface area (Å²) in [7, 11) is -1.78. The Bertz CT molecular complexity index is 1080. The van der Waals surface area contributed by atoms with E-state index in [9.17, 15) is 13.2 Å². The lowest BCUT2D eigenvalue weighted by molar-refractivity contribution is 0.0946. The van der Waals surface area contributed by atoms with Crippen molar-refractivity contribution in [2.45, 2.75) is 13.5 Å². The number of amides is 1. The number of benzene rings is 2. The van der Waals surface area contributed by atoms with Crippen LogP contribution < -0.4 is 14.8 Å². The molecule has 0 atom stereocenters. The van der Waals surface area contributed by atoms with Crippen LogP contribution in [0.1, 0.15) is 23.2 Å². The second kappa shape index (κ2) is 8.74. The Morgan fingerprint density at radius 3 is 2.41 bits per heavy atom. The summed E-state index contributed by atoms with van der Waals surface area (Å²) in [6, 6.07) is 13.3. The lowest BCUT2D eigenvalue weighted by Crippen LogP contribution is -2.23. The summed E-state index contributed by atoms with van der Waals surface area (Å²) in [6.45, 7) is 1.61. The Labute approximate surface area is 168 Å². The zero-order valence-electron chi connectivity index (χ0n) is 15.9. The van der Waals surface area contributed by atoms with E-state index in [4.69, 9.17) is 9.26 Å². The summed E-state index contributed by atoms with van der Waals surface area (Å²) in [5.74, 6) is 1.01. The highest BCUT2D eigenvalue weighted by molar-refractivity contribution is 7.92. The molecule has 0 fully saturated rings. The molecule has 0 bridgehead atoms. The number of nitrogens with zero attached hydrogens (tertiary/aromatic N) is 2. The number of hydrogen-bond donors (Lipinski definition) is 2. The van der Waals surface area contributed by atoms with Crippen molar-refractivity contribution in [1.82, 2.24) is 15.5 Å². The van der Waals surface area contributed by atoms with Gasteiger partial charge in [-0.2, -0.15) is 4.98 Å². The van der Waals surface area contributed by atoms with E-state index in [1.54, 1.807) is 38.3 Å². The van der Waals surface area contributed by atoms with Gasteiger partial charge in [-0.25, -0.2) is 8.42 Å². The maximum Gasteiger partial charge on any atom is 0.251 e. The van der Waals surface area contributed by atoms with E-state index in [2.05, 4.69) is 20.2 Å². The number of methoxy groups -OCH3 is 1. The summed E-state index contributed by atoms with van der Waals surface area (Å²) < 4.78 is 35.8. The Kier molecular flexibility index (Phi) is 6.13. The molecule has 0 aliphatic carbocycles. The molecule has 3 aromatic rings. The summed E-state index contributed by atoms with van der Waals surface area (Å²) in [5, 5.41) is 6.59. The van der Waals surface area contributed by atoms with Crippen LogP contribution in [0.2, 0.25) is 0 Å². The fourth-order valence-electron chi connectivity index (χ4n) is 2.38. The van der Waals surface area contributed by atoms with Crippen molar-refractivity contribution >= 4 is 21.6 Å². The SMILES string of the molecule is CCS(=O)(=O)Nc1ccc(C(=O)NCc2nc(-c3ccc(OC)cc3)no2)cc1. The van der Waals surface area contributed by atoms with Gasteiger partial charge in [-0.15, -0.1) is 0 Å². The molecule has 29 heavy (non-hydrogen) atoms. The van der Waals surface area contributed by atoms with Gasteiger partial charge in [-0.05, 0) is 55.5 Å². The van der Waals surface area contributed by atoms with Gasteiger partial charge >= 0.3 is 0 Å². The van der Waals surface area contributed by atoms with Crippen LogP contribution in [0.4, 0.5) is 5.69 Å². The molecule has 1 heterocycles. The van der Waals surface area contributed by atoms with E-state index in [0.717, 1.165) is 11.3 Å². The molecular formula is C19H20N4O5S. The fourth-order valence-corrected chi connectivity index (χ4v) is 3.02. The highest BCUT2D eigenvalue weighted by Crippen LogP contribution is 2.19. The highest BCUT2D eigenvalue weighted by Gasteiger charge is 2.12. The van der Waals surface area contributed by atoms with Gasteiger partial charge in [0.25, 0.3) is 5.91 Å². The number of aromatic nitrogens is 2. The van der Waals surface area contributed by atoms with Crippen LogP contribution >= 0.6 is 0 Å². The first-order chi connectivity index (χ1) is 13.9. The molecule has 3 rings (SSSR count). The minimum atomic E-state index is -3.36. The molecule has 1 aromatic heterocycles.